The Labute approximate surface area is 169 Å². The summed E-state index contributed by atoms with van der Waals surface area (Å²) in [4.78, 5) is 19.2. The van der Waals surface area contributed by atoms with Crippen LogP contribution in [-0.4, -0.2) is 42.3 Å². The number of aliphatic imine (C=N–C) groups is 1. The Morgan fingerprint density at radius 1 is 1.33 bits per heavy atom. The second kappa shape index (κ2) is 7.20. The molecule has 2 aliphatic heterocycles. The number of rotatable bonds is 3. The van der Waals surface area contributed by atoms with E-state index in [9.17, 15) is 17.6 Å². The SMILES string of the molecule is O=C(Cc1cccs1)N=C1S[C@@H]2CS(=O)(=O)C[C@@H]2N1c1ccc(F)c(Cl)c1. The van der Waals surface area contributed by atoms with Crippen LogP contribution in [0.1, 0.15) is 4.88 Å². The maximum Gasteiger partial charge on any atom is 0.253 e. The molecule has 0 spiro atoms. The average Bonchev–Trinajstić information content (AvgIpc) is 3.25. The van der Waals surface area contributed by atoms with Crippen molar-refractivity contribution >= 4 is 61.3 Å². The maximum atomic E-state index is 13.6. The van der Waals surface area contributed by atoms with Gasteiger partial charge < -0.3 is 4.90 Å². The highest BCUT2D eigenvalue weighted by Crippen LogP contribution is 2.41. The van der Waals surface area contributed by atoms with E-state index in [1.54, 1.807) is 4.90 Å². The lowest BCUT2D eigenvalue weighted by Gasteiger charge is -2.24. The Hall–Kier alpha value is -1.42. The molecule has 2 atom stereocenters. The number of amides is 1. The summed E-state index contributed by atoms with van der Waals surface area (Å²) in [7, 11) is -3.17. The molecule has 2 saturated heterocycles. The topological polar surface area (TPSA) is 66.8 Å². The molecule has 1 aromatic carbocycles. The fourth-order valence-electron chi connectivity index (χ4n) is 3.21. The quantitative estimate of drug-likeness (QED) is 0.726. The van der Waals surface area contributed by atoms with Crippen LogP contribution in [0, 0.1) is 5.82 Å². The number of carbonyl (C=O) groups is 1. The van der Waals surface area contributed by atoms with Crippen LogP contribution in [0.4, 0.5) is 10.1 Å². The van der Waals surface area contributed by atoms with Gasteiger partial charge in [0.25, 0.3) is 5.91 Å². The van der Waals surface area contributed by atoms with Gasteiger partial charge in [0, 0.05) is 15.8 Å². The molecule has 142 valence electrons. The summed E-state index contributed by atoms with van der Waals surface area (Å²) < 4.78 is 37.7. The van der Waals surface area contributed by atoms with Crippen molar-refractivity contribution in [2.75, 3.05) is 16.4 Å². The van der Waals surface area contributed by atoms with E-state index in [2.05, 4.69) is 4.99 Å². The molecule has 2 fully saturated rings. The number of anilines is 1. The predicted octanol–water partition coefficient (Wildman–Crippen LogP) is 3.38. The van der Waals surface area contributed by atoms with Crippen molar-refractivity contribution in [1.29, 1.82) is 0 Å². The molecular formula is C17H14ClFN2O3S3. The molecule has 0 unspecified atom stereocenters. The van der Waals surface area contributed by atoms with Crippen molar-refractivity contribution in [3.05, 3.63) is 51.4 Å². The van der Waals surface area contributed by atoms with Crippen LogP contribution < -0.4 is 4.90 Å². The molecule has 2 aliphatic rings. The van der Waals surface area contributed by atoms with E-state index in [0.717, 1.165) is 4.88 Å². The van der Waals surface area contributed by atoms with Crippen LogP contribution >= 0.6 is 34.7 Å². The van der Waals surface area contributed by atoms with E-state index in [0.29, 0.717) is 10.9 Å². The van der Waals surface area contributed by atoms with Gasteiger partial charge >= 0.3 is 0 Å². The molecule has 1 amide bonds. The van der Waals surface area contributed by atoms with Crippen molar-refractivity contribution in [3.63, 3.8) is 0 Å². The minimum absolute atomic E-state index is 0.0300. The lowest BCUT2D eigenvalue weighted by Crippen LogP contribution is -2.37. The summed E-state index contributed by atoms with van der Waals surface area (Å²) in [6, 6.07) is 7.56. The number of thioether (sulfide) groups is 1. The average molecular weight is 445 g/mol. The Balaban J connectivity index is 1.68. The molecule has 0 N–H and O–H groups in total. The van der Waals surface area contributed by atoms with Crippen LogP contribution in [0.2, 0.25) is 5.02 Å². The number of sulfone groups is 1. The first-order chi connectivity index (χ1) is 12.8. The molecule has 0 aliphatic carbocycles. The van der Waals surface area contributed by atoms with E-state index < -0.39 is 15.7 Å². The van der Waals surface area contributed by atoms with Gasteiger partial charge in [-0.3, -0.25) is 4.79 Å². The Morgan fingerprint density at radius 3 is 2.85 bits per heavy atom. The molecule has 3 heterocycles. The smallest absolute Gasteiger partial charge is 0.253 e. The van der Waals surface area contributed by atoms with Gasteiger partial charge in [0.2, 0.25) is 0 Å². The number of fused-ring (bicyclic) bond motifs is 1. The van der Waals surface area contributed by atoms with E-state index >= 15 is 0 Å². The summed E-state index contributed by atoms with van der Waals surface area (Å²) in [6.45, 7) is 0. The summed E-state index contributed by atoms with van der Waals surface area (Å²) in [5.74, 6) is -0.861. The number of carbonyl (C=O) groups excluding carboxylic acids is 1. The lowest BCUT2D eigenvalue weighted by atomic mass is 10.2. The summed E-state index contributed by atoms with van der Waals surface area (Å²) in [6.07, 6.45) is 0.188. The molecule has 1 aromatic heterocycles. The van der Waals surface area contributed by atoms with Gasteiger partial charge in [0.1, 0.15) is 5.82 Å². The van der Waals surface area contributed by atoms with Crippen molar-refractivity contribution < 1.29 is 17.6 Å². The Kier molecular flexibility index (Phi) is 5.04. The predicted molar refractivity (Wildman–Crippen MR) is 108 cm³/mol. The Morgan fingerprint density at radius 2 is 2.15 bits per heavy atom. The highest BCUT2D eigenvalue weighted by atomic mass is 35.5. The van der Waals surface area contributed by atoms with E-state index in [4.69, 9.17) is 11.6 Å². The Bertz CT molecular complexity index is 1020. The summed E-state index contributed by atoms with van der Waals surface area (Å²) >= 11 is 8.66. The molecule has 0 radical (unpaired) electrons. The summed E-state index contributed by atoms with van der Waals surface area (Å²) in [5, 5.41) is 2.05. The number of hydrogen-bond acceptors (Lipinski definition) is 5. The number of nitrogens with zero attached hydrogens (tertiary/aromatic N) is 2. The van der Waals surface area contributed by atoms with Crippen LogP contribution in [-0.2, 0) is 21.1 Å². The van der Waals surface area contributed by atoms with Crippen molar-refractivity contribution in [1.82, 2.24) is 0 Å². The van der Waals surface area contributed by atoms with Crippen LogP contribution in [0.15, 0.2) is 40.7 Å². The molecule has 4 rings (SSSR count). The van der Waals surface area contributed by atoms with E-state index in [1.807, 2.05) is 17.5 Å². The third kappa shape index (κ3) is 3.91. The zero-order valence-corrected chi connectivity index (χ0v) is 17.0. The fourth-order valence-corrected chi connectivity index (χ4v) is 8.01. The first kappa shape index (κ1) is 18.9. The second-order valence-corrected chi connectivity index (χ2v) is 11.1. The normalized spacial score (nSPS) is 25.1. The number of halogens is 2. The van der Waals surface area contributed by atoms with Crippen LogP contribution in [0.5, 0.6) is 0 Å². The largest absolute Gasteiger partial charge is 0.316 e. The zero-order chi connectivity index (χ0) is 19.2. The van der Waals surface area contributed by atoms with Gasteiger partial charge in [-0.1, -0.05) is 29.4 Å². The molecule has 10 heteroatoms. The highest BCUT2D eigenvalue weighted by Gasteiger charge is 2.49. The first-order valence-corrected chi connectivity index (χ1v) is 12.0. The number of benzene rings is 1. The van der Waals surface area contributed by atoms with Gasteiger partial charge in [-0.2, -0.15) is 4.99 Å². The van der Waals surface area contributed by atoms with Gasteiger partial charge in [-0.25, -0.2) is 12.8 Å². The van der Waals surface area contributed by atoms with Gasteiger partial charge in [-0.05, 0) is 29.6 Å². The second-order valence-electron chi connectivity index (χ2n) is 6.31. The van der Waals surface area contributed by atoms with Gasteiger partial charge in [0.15, 0.2) is 15.0 Å². The standard InChI is InChI=1S/C17H14ClFN2O3S3/c18-12-6-10(3-4-13(12)19)21-14-8-27(23,24)9-15(14)26-17(21)20-16(22)7-11-2-1-5-25-11/h1-6,14-15H,7-9H2/t14-,15+/m0/s1. The van der Waals surface area contributed by atoms with Crippen molar-refractivity contribution in [2.45, 2.75) is 17.7 Å². The minimum Gasteiger partial charge on any atom is -0.316 e. The number of thiophene rings is 1. The van der Waals surface area contributed by atoms with E-state index in [1.165, 1.54) is 41.3 Å². The van der Waals surface area contributed by atoms with Crippen LogP contribution in [0.25, 0.3) is 0 Å². The van der Waals surface area contributed by atoms with Crippen LogP contribution in [0.3, 0.4) is 0 Å². The fraction of sp³-hybridized carbons (Fsp3) is 0.294. The summed E-state index contributed by atoms with van der Waals surface area (Å²) in [5.41, 5.74) is 0.529. The number of hydrogen-bond donors (Lipinski definition) is 0. The third-order valence-electron chi connectivity index (χ3n) is 4.37. The molecule has 5 nitrogen and oxygen atoms in total. The van der Waals surface area contributed by atoms with Crippen molar-refractivity contribution in [3.8, 4) is 0 Å². The zero-order valence-electron chi connectivity index (χ0n) is 13.8. The highest BCUT2D eigenvalue weighted by molar-refractivity contribution is 8.16. The number of amidine groups is 1. The monoisotopic (exact) mass is 444 g/mol. The molecule has 2 aromatic rings. The molecule has 0 saturated carbocycles. The lowest BCUT2D eigenvalue weighted by molar-refractivity contribution is -0.117. The van der Waals surface area contributed by atoms with E-state index in [-0.39, 0.29) is 40.1 Å². The molecular weight excluding hydrogens is 431 g/mol. The maximum absolute atomic E-state index is 13.6. The van der Waals surface area contributed by atoms with Gasteiger partial charge in [-0.15, -0.1) is 11.3 Å². The molecule has 27 heavy (non-hydrogen) atoms. The minimum atomic E-state index is -3.17. The molecule has 0 bridgehead atoms. The van der Waals surface area contributed by atoms with Crippen molar-refractivity contribution in [2.24, 2.45) is 4.99 Å². The van der Waals surface area contributed by atoms with Gasteiger partial charge in [0.05, 0.1) is 29.0 Å². The first-order valence-electron chi connectivity index (χ1n) is 8.08. The third-order valence-corrected chi connectivity index (χ3v) is 8.75.